The van der Waals surface area contributed by atoms with Gasteiger partial charge in [0.25, 0.3) is 0 Å². The monoisotopic (exact) mass is 339 g/mol. The van der Waals surface area contributed by atoms with Crippen LogP contribution in [0.1, 0.15) is 12.0 Å². The van der Waals surface area contributed by atoms with Crippen molar-refractivity contribution in [2.75, 3.05) is 10.6 Å². The molecular formula is C18H14ClN3O2. The number of benzene rings is 2. The van der Waals surface area contributed by atoms with E-state index < -0.39 is 5.91 Å². The van der Waals surface area contributed by atoms with E-state index in [0.717, 1.165) is 5.56 Å². The van der Waals surface area contributed by atoms with Gasteiger partial charge in [-0.3, -0.25) is 9.59 Å². The standard InChI is InChI=1S/C18H14ClN3O2/c19-16-7-2-1-4-13(16)8-9-17(23)21-14-5-3-6-15(12-14)22-18(24)10-11-20/h1-9,12H,10H2,(H,21,23)(H,22,24)/b9-8+. The minimum Gasteiger partial charge on any atom is -0.325 e. The second-order valence-corrected chi connectivity index (χ2v) is 5.22. The Kier molecular flexibility index (Phi) is 6.12. The lowest BCUT2D eigenvalue weighted by atomic mass is 10.2. The Hall–Kier alpha value is -3.10. The first-order valence-electron chi connectivity index (χ1n) is 7.09. The average molecular weight is 340 g/mol. The average Bonchev–Trinajstić information content (AvgIpc) is 2.54. The third-order valence-electron chi connectivity index (χ3n) is 2.97. The van der Waals surface area contributed by atoms with Crippen LogP contribution in [0.25, 0.3) is 6.08 Å². The summed E-state index contributed by atoms with van der Waals surface area (Å²) in [7, 11) is 0. The summed E-state index contributed by atoms with van der Waals surface area (Å²) in [5, 5.41) is 14.3. The highest BCUT2D eigenvalue weighted by molar-refractivity contribution is 6.32. The largest absolute Gasteiger partial charge is 0.325 e. The van der Waals surface area contributed by atoms with Gasteiger partial charge in [-0.25, -0.2) is 0 Å². The lowest BCUT2D eigenvalue weighted by Crippen LogP contribution is -2.11. The molecule has 0 saturated heterocycles. The molecule has 5 nitrogen and oxygen atoms in total. The molecule has 0 unspecified atom stereocenters. The molecule has 0 heterocycles. The highest BCUT2D eigenvalue weighted by Gasteiger charge is 2.03. The fourth-order valence-electron chi connectivity index (χ4n) is 1.91. The van der Waals surface area contributed by atoms with Gasteiger partial charge in [0.1, 0.15) is 6.42 Å². The van der Waals surface area contributed by atoms with Gasteiger partial charge < -0.3 is 10.6 Å². The summed E-state index contributed by atoms with van der Waals surface area (Å²) < 4.78 is 0. The maximum atomic E-state index is 12.0. The van der Waals surface area contributed by atoms with Crippen LogP contribution in [0.2, 0.25) is 5.02 Å². The number of hydrogen-bond donors (Lipinski definition) is 2. The number of hydrogen-bond acceptors (Lipinski definition) is 3. The molecule has 120 valence electrons. The third kappa shape index (κ3) is 5.27. The zero-order valence-electron chi connectivity index (χ0n) is 12.6. The van der Waals surface area contributed by atoms with Crippen LogP contribution in [0.4, 0.5) is 11.4 Å². The van der Waals surface area contributed by atoms with E-state index >= 15 is 0 Å². The summed E-state index contributed by atoms with van der Waals surface area (Å²) in [6.07, 6.45) is 2.77. The molecule has 2 aromatic carbocycles. The quantitative estimate of drug-likeness (QED) is 0.812. The molecule has 24 heavy (non-hydrogen) atoms. The number of carbonyl (C=O) groups excluding carboxylic acids is 2. The smallest absolute Gasteiger partial charge is 0.248 e. The van der Waals surface area contributed by atoms with Crippen LogP contribution in [-0.2, 0) is 9.59 Å². The minimum atomic E-state index is -0.403. The Bertz CT molecular complexity index is 825. The fourth-order valence-corrected chi connectivity index (χ4v) is 2.11. The Balaban J connectivity index is 2.00. The van der Waals surface area contributed by atoms with Crippen molar-refractivity contribution in [2.24, 2.45) is 0 Å². The van der Waals surface area contributed by atoms with Crippen molar-refractivity contribution in [1.82, 2.24) is 0 Å². The number of nitrogens with zero attached hydrogens (tertiary/aromatic N) is 1. The molecule has 0 radical (unpaired) electrons. The third-order valence-corrected chi connectivity index (χ3v) is 3.32. The summed E-state index contributed by atoms with van der Waals surface area (Å²) in [5.74, 6) is -0.727. The topological polar surface area (TPSA) is 82.0 Å². The summed E-state index contributed by atoms with van der Waals surface area (Å²) in [4.78, 5) is 23.4. The van der Waals surface area contributed by atoms with Gasteiger partial charge in [0, 0.05) is 22.5 Å². The maximum absolute atomic E-state index is 12.0. The summed E-state index contributed by atoms with van der Waals surface area (Å²) in [5.41, 5.74) is 1.77. The molecule has 2 aromatic rings. The molecule has 0 spiro atoms. The molecule has 2 rings (SSSR count). The van der Waals surface area contributed by atoms with Gasteiger partial charge in [-0.1, -0.05) is 35.9 Å². The van der Waals surface area contributed by atoms with E-state index in [0.29, 0.717) is 16.4 Å². The highest BCUT2D eigenvalue weighted by atomic mass is 35.5. The first-order chi connectivity index (χ1) is 11.6. The van der Waals surface area contributed by atoms with Crippen molar-refractivity contribution in [3.05, 3.63) is 65.2 Å². The number of rotatable bonds is 5. The zero-order chi connectivity index (χ0) is 17.4. The second-order valence-electron chi connectivity index (χ2n) is 4.81. The number of nitrogens with one attached hydrogen (secondary N) is 2. The van der Waals surface area contributed by atoms with Gasteiger partial charge in [-0.15, -0.1) is 0 Å². The molecule has 2 N–H and O–H groups in total. The van der Waals surface area contributed by atoms with Crippen LogP contribution < -0.4 is 10.6 Å². The van der Waals surface area contributed by atoms with Crippen LogP contribution >= 0.6 is 11.6 Å². The Morgan fingerprint density at radius 1 is 1.08 bits per heavy atom. The number of nitriles is 1. The first kappa shape index (κ1) is 17.3. The molecular weight excluding hydrogens is 326 g/mol. The molecule has 0 bridgehead atoms. The minimum absolute atomic E-state index is 0.225. The molecule has 0 atom stereocenters. The van der Waals surface area contributed by atoms with Crippen molar-refractivity contribution in [1.29, 1.82) is 5.26 Å². The zero-order valence-corrected chi connectivity index (χ0v) is 13.4. The van der Waals surface area contributed by atoms with E-state index in [1.165, 1.54) is 6.08 Å². The molecule has 0 fully saturated rings. The molecule has 0 aromatic heterocycles. The normalized spacial score (nSPS) is 10.2. The van der Waals surface area contributed by atoms with Crippen molar-refractivity contribution in [3.8, 4) is 6.07 Å². The predicted octanol–water partition coefficient (Wildman–Crippen LogP) is 3.84. The van der Waals surface area contributed by atoms with E-state index in [4.69, 9.17) is 16.9 Å². The number of amides is 2. The number of carbonyl (C=O) groups is 2. The number of anilines is 2. The maximum Gasteiger partial charge on any atom is 0.248 e. The molecule has 0 saturated carbocycles. The van der Waals surface area contributed by atoms with Gasteiger partial charge in [-0.2, -0.15) is 5.26 Å². The van der Waals surface area contributed by atoms with Crippen molar-refractivity contribution < 1.29 is 9.59 Å². The van der Waals surface area contributed by atoms with Crippen LogP contribution in [0.5, 0.6) is 0 Å². The van der Waals surface area contributed by atoms with E-state index in [2.05, 4.69) is 10.6 Å². The first-order valence-corrected chi connectivity index (χ1v) is 7.47. The van der Waals surface area contributed by atoms with E-state index in [1.807, 2.05) is 12.1 Å². The van der Waals surface area contributed by atoms with Crippen LogP contribution in [0.3, 0.4) is 0 Å². The lowest BCUT2D eigenvalue weighted by Gasteiger charge is -2.06. The van der Waals surface area contributed by atoms with Gasteiger partial charge in [0.15, 0.2) is 0 Å². The van der Waals surface area contributed by atoms with Gasteiger partial charge in [-0.05, 0) is 35.9 Å². The highest BCUT2D eigenvalue weighted by Crippen LogP contribution is 2.17. The van der Waals surface area contributed by atoms with Crippen molar-refractivity contribution >= 4 is 40.9 Å². The Morgan fingerprint density at radius 3 is 2.50 bits per heavy atom. The Labute approximate surface area is 144 Å². The number of halogens is 1. The van der Waals surface area contributed by atoms with Crippen LogP contribution in [0, 0.1) is 11.3 Å². The van der Waals surface area contributed by atoms with Crippen molar-refractivity contribution in [2.45, 2.75) is 6.42 Å². The summed E-state index contributed by atoms with van der Waals surface area (Å²) in [6, 6.07) is 15.6. The fraction of sp³-hybridized carbons (Fsp3) is 0.0556. The predicted molar refractivity (Wildman–Crippen MR) is 94.4 cm³/mol. The molecule has 0 aliphatic heterocycles. The SMILES string of the molecule is N#CCC(=O)Nc1cccc(NC(=O)/C=C/c2ccccc2Cl)c1. The van der Waals surface area contributed by atoms with E-state index in [-0.39, 0.29) is 12.3 Å². The lowest BCUT2D eigenvalue weighted by molar-refractivity contribution is -0.115. The van der Waals surface area contributed by atoms with Crippen LogP contribution in [-0.4, -0.2) is 11.8 Å². The second kappa shape index (κ2) is 8.51. The molecule has 0 aliphatic rings. The molecule has 0 aliphatic carbocycles. The molecule has 6 heteroatoms. The van der Waals surface area contributed by atoms with Gasteiger partial charge in [0.2, 0.25) is 11.8 Å². The van der Waals surface area contributed by atoms with Gasteiger partial charge >= 0.3 is 0 Å². The van der Waals surface area contributed by atoms with E-state index in [9.17, 15) is 9.59 Å². The summed E-state index contributed by atoms with van der Waals surface area (Å²) >= 11 is 6.02. The van der Waals surface area contributed by atoms with E-state index in [1.54, 1.807) is 48.5 Å². The molecule has 2 amide bonds. The van der Waals surface area contributed by atoms with Gasteiger partial charge in [0.05, 0.1) is 6.07 Å². The van der Waals surface area contributed by atoms with Crippen molar-refractivity contribution in [3.63, 3.8) is 0 Å². The summed E-state index contributed by atoms with van der Waals surface area (Å²) in [6.45, 7) is 0. The Morgan fingerprint density at radius 2 is 1.79 bits per heavy atom. The van der Waals surface area contributed by atoms with Crippen LogP contribution in [0.15, 0.2) is 54.6 Å².